The van der Waals surface area contributed by atoms with E-state index in [1.807, 2.05) is 0 Å². The van der Waals surface area contributed by atoms with Crippen LogP contribution in [0.2, 0.25) is 0 Å². The molecule has 2 aromatic rings. The van der Waals surface area contributed by atoms with Crippen LogP contribution in [0, 0.1) is 5.82 Å². The van der Waals surface area contributed by atoms with Gasteiger partial charge in [-0.1, -0.05) is 5.21 Å². The lowest BCUT2D eigenvalue weighted by Gasteiger charge is -1.97. The molecule has 0 saturated carbocycles. The van der Waals surface area contributed by atoms with Crippen molar-refractivity contribution in [2.24, 2.45) is 0 Å². The normalized spacial score (nSPS) is 15.7. The first-order valence-corrected chi connectivity index (χ1v) is 3.99. The Kier molecular flexibility index (Phi) is 1.08. The minimum atomic E-state index is -1.24. The minimum absolute atomic E-state index is 0.0867. The van der Waals surface area contributed by atoms with Gasteiger partial charge in [-0.25, -0.2) is 9.07 Å². The maximum atomic E-state index is 13.3. The third-order valence-electron chi connectivity index (χ3n) is 1.21. The summed E-state index contributed by atoms with van der Waals surface area (Å²) in [6.07, 6.45) is -0.248. The van der Waals surface area contributed by atoms with Crippen molar-refractivity contribution in [2.75, 3.05) is 0 Å². The first-order chi connectivity index (χ1) is 8.36. The third-order valence-corrected chi connectivity index (χ3v) is 1.55. The summed E-state index contributed by atoms with van der Waals surface area (Å²) in [7, 11) is 0. The van der Waals surface area contributed by atoms with Crippen molar-refractivity contribution in [3.8, 4) is 5.69 Å². The molecule has 1 heterocycles. The van der Waals surface area contributed by atoms with Gasteiger partial charge in [-0.15, -0.1) is 5.10 Å². The molecule has 0 amide bonds. The van der Waals surface area contributed by atoms with Crippen LogP contribution >= 0.6 is 15.9 Å². The molecule has 0 radical (unpaired) electrons. The van der Waals surface area contributed by atoms with Crippen LogP contribution in [-0.2, 0) is 0 Å². The van der Waals surface area contributed by atoms with E-state index in [1.165, 1.54) is 0 Å². The zero-order valence-electron chi connectivity index (χ0n) is 11.1. The summed E-state index contributed by atoms with van der Waals surface area (Å²) in [6.45, 7) is 0. The Morgan fingerprint density at radius 3 is 2.62 bits per heavy atom. The van der Waals surface area contributed by atoms with Gasteiger partial charge in [-0.2, -0.15) is 0 Å². The number of hydrogen-bond donors (Lipinski definition) is 0. The second-order valence-corrected chi connectivity index (χ2v) is 2.82. The summed E-state index contributed by atoms with van der Waals surface area (Å²) < 4.78 is 51.7. The van der Waals surface area contributed by atoms with Crippen LogP contribution in [0.25, 0.3) is 5.69 Å². The molecule has 0 N–H and O–H groups in total. The van der Waals surface area contributed by atoms with Crippen LogP contribution < -0.4 is 0 Å². The SMILES string of the molecule is [2H]c1c([2H])c(-n2nnc(Br)c2[2H])c([2H])c([2H])c1F. The highest BCUT2D eigenvalue weighted by Gasteiger charge is 1.99. The van der Waals surface area contributed by atoms with Gasteiger partial charge in [0, 0.05) is 0 Å². The van der Waals surface area contributed by atoms with E-state index in [2.05, 4.69) is 26.2 Å². The van der Waals surface area contributed by atoms with E-state index in [0.717, 1.165) is 4.68 Å². The fraction of sp³-hybridized carbons (Fsp3) is 0. The monoisotopic (exact) mass is 246 g/mol. The van der Waals surface area contributed by atoms with Crippen LogP contribution in [0.5, 0.6) is 0 Å². The van der Waals surface area contributed by atoms with E-state index < -0.39 is 30.0 Å². The number of rotatable bonds is 1. The van der Waals surface area contributed by atoms with Crippen molar-refractivity contribution < 1.29 is 11.2 Å². The van der Waals surface area contributed by atoms with Crippen LogP contribution in [0.4, 0.5) is 4.39 Å². The Morgan fingerprint density at radius 2 is 2.08 bits per heavy atom. The minimum Gasteiger partial charge on any atom is -0.220 e. The molecule has 0 atom stereocenters. The molecule has 0 spiro atoms. The lowest BCUT2D eigenvalue weighted by atomic mass is 10.3. The number of benzene rings is 1. The van der Waals surface area contributed by atoms with Crippen molar-refractivity contribution in [1.82, 2.24) is 15.0 Å². The Labute approximate surface area is 89.3 Å². The van der Waals surface area contributed by atoms with E-state index >= 15 is 0 Å². The van der Waals surface area contributed by atoms with E-state index in [0.29, 0.717) is 0 Å². The van der Waals surface area contributed by atoms with Gasteiger partial charge < -0.3 is 0 Å². The largest absolute Gasteiger partial charge is 0.220 e. The van der Waals surface area contributed by atoms with E-state index in [9.17, 15) is 4.39 Å². The molecule has 1 aromatic carbocycles. The third kappa shape index (κ3) is 1.75. The van der Waals surface area contributed by atoms with E-state index in [-0.39, 0.29) is 16.5 Å². The van der Waals surface area contributed by atoms with Gasteiger partial charge >= 0.3 is 0 Å². The second kappa shape index (κ2) is 3.26. The number of halogens is 2. The summed E-state index contributed by atoms with van der Waals surface area (Å²) in [5, 5.41) is 7.04. The molecule has 0 bridgehead atoms. The molecule has 1 aromatic heterocycles. The van der Waals surface area contributed by atoms with Gasteiger partial charge in [0.25, 0.3) is 0 Å². The van der Waals surface area contributed by atoms with Crippen molar-refractivity contribution in [3.63, 3.8) is 0 Å². The van der Waals surface area contributed by atoms with Gasteiger partial charge in [0.15, 0.2) is 0 Å². The zero-order valence-corrected chi connectivity index (χ0v) is 7.68. The van der Waals surface area contributed by atoms with Crippen molar-refractivity contribution >= 4 is 15.9 Å². The predicted molar refractivity (Wildman–Crippen MR) is 49.0 cm³/mol. The van der Waals surface area contributed by atoms with Crippen LogP contribution in [-0.4, -0.2) is 15.0 Å². The first-order valence-electron chi connectivity index (χ1n) is 5.70. The maximum Gasteiger partial charge on any atom is 0.148 e. The Hall–Kier alpha value is -1.23. The maximum absolute atomic E-state index is 13.3. The summed E-state index contributed by atoms with van der Waals surface area (Å²) in [5.74, 6) is -1.24. The highest BCUT2D eigenvalue weighted by molar-refractivity contribution is 9.10. The summed E-state index contributed by atoms with van der Waals surface area (Å²) in [4.78, 5) is 0. The summed E-state index contributed by atoms with van der Waals surface area (Å²) >= 11 is 2.94. The quantitative estimate of drug-likeness (QED) is 0.773. The zero-order chi connectivity index (χ0) is 13.6. The standard InChI is InChI=1S/C8H5BrFN3/c9-8-5-13(12-11-8)7-3-1-6(10)2-4-7/h1-5H/i1D,2D,3D,4D,5D. The molecule has 0 aliphatic carbocycles. The second-order valence-electron chi connectivity index (χ2n) is 2.07. The molecule has 5 heteroatoms. The Balaban J connectivity index is 2.84. The lowest BCUT2D eigenvalue weighted by molar-refractivity contribution is 0.626. The average molecular weight is 247 g/mol. The van der Waals surface area contributed by atoms with Gasteiger partial charge in [0.05, 0.1) is 18.7 Å². The average Bonchev–Trinajstić information content (AvgIpc) is 2.66. The molecule has 66 valence electrons. The lowest BCUT2D eigenvalue weighted by Crippen LogP contribution is -1.94. The Bertz CT molecular complexity index is 615. The number of nitrogens with zero attached hydrogens (tertiary/aromatic N) is 3. The van der Waals surface area contributed by atoms with Crippen molar-refractivity contribution in [2.45, 2.75) is 0 Å². The molecule has 2 rings (SSSR count). The number of aromatic nitrogens is 3. The van der Waals surface area contributed by atoms with E-state index in [4.69, 9.17) is 6.85 Å². The number of hydrogen-bond acceptors (Lipinski definition) is 2. The summed E-state index contributed by atoms with van der Waals surface area (Å²) in [5.41, 5.74) is -0.311. The van der Waals surface area contributed by atoms with Gasteiger partial charge in [-0.3, -0.25) is 0 Å². The Morgan fingerprint density at radius 1 is 1.38 bits per heavy atom. The molecule has 0 aliphatic heterocycles. The highest BCUT2D eigenvalue weighted by Crippen LogP contribution is 2.10. The van der Waals surface area contributed by atoms with Gasteiger partial charge in [-0.05, 0) is 40.1 Å². The predicted octanol–water partition coefficient (Wildman–Crippen LogP) is 2.17. The molecule has 13 heavy (non-hydrogen) atoms. The highest BCUT2D eigenvalue weighted by atomic mass is 79.9. The fourth-order valence-electron chi connectivity index (χ4n) is 0.713. The smallest absolute Gasteiger partial charge is 0.148 e. The van der Waals surface area contributed by atoms with Crippen LogP contribution in [0.1, 0.15) is 6.85 Å². The molecule has 0 unspecified atom stereocenters. The molecule has 0 aliphatic rings. The van der Waals surface area contributed by atoms with E-state index in [1.54, 1.807) is 0 Å². The molecular formula is C8H5BrFN3. The van der Waals surface area contributed by atoms with Crippen molar-refractivity contribution in [3.05, 3.63) is 40.8 Å². The fourth-order valence-corrected chi connectivity index (χ4v) is 0.952. The van der Waals surface area contributed by atoms with Crippen molar-refractivity contribution in [1.29, 1.82) is 0 Å². The molecule has 3 nitrogen and oxygen atoms in total. The first kappa shape index (κ1) is 4.32. The molecule has 0 fully saturated rings. The van der Waals surface area contributed by atoms with Crippen LogP contribution in [0.15, 0.2) is 34.9 Å². The van der Waals surface area contributed by atoms with Gasteiger partial charge in [0.1, 0.15) is 10.4 Å². The summed E-state index contributed by atoms with van der Waals surface area (Å²) in [6, 6.07) is -2.84. The van der Waals surface area contributed by atoms with Crippen LogP contribution in [0.3, 0.4) is 0 Å². The van der Waals surface area contributed by atoms with Gasteiger partial charge in [0.2, 0.25) is 0 Å². The molecule has 0 saturated heterocycles. The topological polar surface area (TPSA) is 30.7 Å². The molecular weight excluding hydrogens is 237 g/mol.